The van der Waals surface area contributed by atoms with Crippen LogP contribution in [0.2, 0.25) is 0 Å². The summed E-state index contributed by atoms with van der Waals surface area (Å²) in [6.45, 7) is 9.70. The van der Waals surface area contributed by atoms with Crippen molar-refractivity contribution in [1.82, 2.24) is 15.2 Å². The van der Waals surface area contributed by atoms with E-state index in [9.17, 15) is 9.59 Å². The molecule has 0 aliphatic carbocycles. The van der Waals surface area contributed by atoms with E-state index in [1.807, 2.05) is 27.0 Å². The van der Waals surface area contributed by atoms with Crippen molar-refractivity contribution in [2.45, 2.75) is 59.2 Å². The molecule has 1 aromatic rings. The summed E-state index contributed by atoms with van der Waals surface area (Å²) in [5, 5.41) is 3.66. The Kier molecular flexibility index (Phi) is 4.66. The molecule has 1 aliphatic rings. The Labute approximate surface area is 129 Å². The minimum Gasteiger partial charge on any atom is -0.343 e. The summed E-state index contributed by atoms with van der Waals surface area (Å²) in [5.74, 6) is -0.0419. The second-order valence-electron chi connectivity index (χ2n) is 5.86. The molecule has 5 nitrogen and oxygen atoms in total. The van der Waals surface area contributed by atoms with Crippen LogP contribution in [0.1, 0.15) is 50.5 Å². The van der Waals surface area contributed by atoms with Gasteiger partial charge in [0.05, 0.1) is 6.04 Å². The van der Waals surface area contributed by atoms with Gasteiger partial charge < -0.3 is 10.2 Å². The minimum atomic E-state index is -0.472. The molecule has 3 unspecified atom stereocenters. The van der Waals surface area contributed by atoms with E-state index < -0.39 is 12.1 Å². The van der Waals surface area contributed by atoms with Gasteiger partial charge in [0.2, 0.25) is 11.8 Å². The number of piperazine rings is 1. The van der Waals surface area contributed by atoms with Gasteiger partial charge in [-0.1, -0.05) is 20.8 Å². The van der Waals surface area contributed by atoms with Crippen LogP contribution in [0, 0.1) is 5.92 Å². The number of aromatic nitrogens is 1. The number of carbonyl (C=O) groups excluding carboxylic acids is 2. The van der Waals surface area contributed by atoms with Gasteiger partial charge in [0.15, 0.2) is 0 Å². The van der Waals surface area contributed by atoms with Crippen molar-refractivity contribution < 1.29 is 9.59 Å². The second kappa shape index (κ2) is 6.13. The fraction of sp³-hybridized carbons (Fsp3) is 0.667. The van der Waals surface area contributed by atoms with E-state index >= 15 is 0 Å². The van der Waals surface area contributed by atoms with Crippen LogP contribution in [-0.4, -0.2) is 33.8 Å². The quantitative estimate of drug-likeness (QED) is 0.927. The maximum absolute atomic E-state index is 12.6. The molecule has 6 heteroatoms. The lowest BCUT2D eigenvalue weighted by molar-refractivity contribution is -0.153. The number of hydrogen-bond donors (Lipinski definition) is 1. The fourth-order valence-electron chi connectivity index (χ4n) is 2.70. The molecule has 116 valence electrons. The number of nitrogens with one attached hydrogen (secondary N) is 1. The molecule has 0 saturated carbocycles. The summed E-state index contributed by atoms with van der Waals surface area (Å²) in [4.78, 5) is 32.2. The maximum Gasteiger partial charge on any atom is 0.246 e. The molecule has 1 saturated heterocycles. The lowest BCUT2D eigenvalue weighted by Crippen LogP contribution is -2.64. The van der Waals surface area contributed by atoms with Crippen LogP contribution in [0.15, 0.2) is 6.20 Å². The predicted molar refractivity (Wildman–Crippen MR) is 83.0 cm³/mol. The highest BCUT2D eigenvalue weighted by atomic mass is 32.1. The molecular weight excluding hydrogens is 286 g/mol. The minimum absolute atomic E-state index is 0.0333. The molecule has 0 bridgehead atoms. The van der Waals surface area contributed by atoms with E-state index in [2.05, 4.69) is 17.2 Å². The zero-order valence-corrected chi connectivity index (χ0v) is 14.0. The Morgan fingerprint density at radius 2 is 2.05 bits per heavy atom. The average Bonchev–Trinajstić information content (AvgIpc) is 2.90. The van der Waals surface area contributed by atoms with E-state index in [1.54, 1.807) is 23.2 Å². The molecule has 0 aromatic carbocycles. The van der Waals surface area contributed by atoms with Crippen LogP contribution in [-0.2, 0) is 16.0 Å². The van der Waals surface area contributed by atoms with Gasteiger partial charge in [0, 0.05) is 11.1 Å². The number of rotatable bonds is 4. The summed E-state index contributed by atoms with van der Waals surface area (Å²) in [6, 6.07) is -1.08. The third-order valence-electron chi connectivity index (χ3n) is 3.88. The van der Waals surface area contributed by atoms with Gasteiger partial charge in [-0.3, -0.25) is 9.59 Å². The highest BCUT2D eigenvalue weighted by Crippen LogP contribution is 2.31. The Bertz CT molecular complexity index is 541. The van der Waals surface area contributed by atoms with E-state index in [4.69, 9.17) is 0 Å². The maximum atomic E-state index is 12.6. The van der Waals surface area contributed by atoms with E-state index in [0.29, 0.717) is 0 Å². The summed E-state index contributed by atoms with van der Waals surface area (Å²) >= 11 is 1.62. The fourth-order valence-corrected chi connectivity index (χ4v) is 3.61. The monoisotopic (exact) mass is 309 g/mol. The van der Waals surface area contributed by atoms with Crippen LogP contribution < -0.4 is 5.32 Å². The highest BCUT2D eigenvalue weighted by molar-refractivity contribution is 7.11. The lowest BCUT2D eigenvalue weighted by Gasteiger charge is -2.42. The number of aryl methyl sites for hydroxylation is 1. The van der Waals surface area contributed by atoms with Crippen molar-refractivity contribution in [3.63, 3.8) is 0 Å². The normalized spacial score (nSPS) is 24.4. The molecule has 2 rings (SSSR count). The standard InChI is InChI=1S/C15H23N3O2S/c1-6-11-7-16-14(21-11)10(5)18-12(8(2)3)13(19)17-9(4)15(18)20/h7-10,12H,6H2,1-5H3,(H,17,19). The largest absolute Gasteiger partial charge is 0.343 e. The average molecular weight is 309 g/mol. The summed E-state index contributed by atoms with van der Waals surface area (Å²) in [6.07, 6.45) is 2.79. The number of carbonyl (C=O) groups is 2. The molecule has 0 radical (unpaired) electrons. The molecular formula is C15H23N3O2S. The first-order valence-corrected chi connectivity index (χ1v) is 8.25. The Hall–Kier alpha value is -1.43. The topological polar surface area (TPSA) is 62.3 Å². The molecule has 2 heterocycles. The second-order valence-corrected chi connectivity index (χ2v) is 7.01. The summed E-state index contributed by atoms with van der Waals surface area (Å²) < 4.78 is 0. The van der Waals surface area contributed by atoms with Crippen molar-refractivity contribution in [3.05, 3.63) is 16.1 Å². The first-order chi connectivity index (χ1) is 9.86. The van der Waals surface area contributed by atoms with Gasteiger partial charge in [-0.2, -0.15) is 0 Å². The zero-order valence-electron chi connectivity index (χ0n) is 13.2. The van der Waals surface area contributed by atoms with Crippen molar-refractivity contribution in [2.24, 2.45) is 5.92 Å². The highest BCUT2D eigenvalue weighted by Gasteiger charge is 2.43. The molecule has 21 heavy (non-hydrogen) atoms. The molecule has 1 aromatic heterocycles. The van der Waals surface area contributed by atoms with Gasteiger partial charge in [-0.15, -0.1) is 11.3 Å². The van der Waals surface area contributed by atoms with Gasteiger partial charge in [0.1, 0.15) is 17.1 Å². The molecule has 1 aliphatic heterocycles. The van der Waals surface area contributed by atoms with Gasteiger partial charge in [-0.25, -0.2) is 4.98 Å². The molecule has 2 amide bonds. The first kappa shape index (κ1) is 15.9. The molecule has 0 spiro atoms. The Morgan fingerprint density at radius 1 is 1.38 bits per heavy atom. The number of hydrogen-bond acceptors (Lipinski definition) is 4. The van der Waals surface area contributed by atoms with Gasteiger partial charge in [0.25, 0.3) is 0 Å². The third kappa shape index (κ3) is 2.95. The molecule has 1 N–H and O–H groups in total. The lowest BCUT2D eigenvalue weighted by atomic mass is 9.96. The van der Waals surface area contributed by atoms with Gasteiger partial charge >= 0.3 is 0 Å². The van der Waals surface area contributed by atoms with E-state index in [1.165, 1.54) is 4.88 Å². The van der Waals surface area contributed by atoms with Crippen LogP contribution in [0.5, 0.6) is 0 Å². The SMILES string of the molecule is CCc1cnc(C(C)N2C(=O)C(C)NC(=O)C2C(C)C)s1. The van der Waals surface area contributed by atoms with Crippen molar-refractivity contribution in [1.29, 1.82) is 0 Å². The zero-order chi connectivity index (χ0) is 15.7. The van der Waals surface area contributed by atoms with Crippen molar-refractivity contribution in [2.75, 3.05) is 0 Å². The summed E-state index contributed by atoms with van der Waals surface area (Å²) in [5.41, 5.74) is 0. The number of amides is 2. The number of nitrogens with zero attached hydrogens (tertiary/aromatic N) is 2. The Morgan fingerprint density at radius 3 is 2.57 bits per heavy atom. The Balaban J connectivity index is 2.35. The smallest absolute Gasteiger partial charge is 0.246 e. The van der Waals surface area contributed by atoms with Crippen LogP contribution in [0.4, 0.5) is 0 Å². The van der Waals surface area contributed by atoms with Gasteiger partial charge in [-0.05, 0) is 26.2 Å². The van der Waals surface area contributed by atoms with Crippen LogP contribution in [0.25, 0.3) is 0 Å². The molecule has 3 atom stereocenters. The molecule has 1 fully saturated rings. The van der Waals surface area contributed by atoms with Crippen LogP contribution in [0.3, 0.4) is 0 Å². The van der Waals surface area contributed by atoms with Crippen LogP contribution >= 0.6 is 11.3 Å². The first-order valence-electron chi connectivity index (χ1n) is 7.44. The summed E-state index contributed by atoms with van der Waals surface area (Å²) in [7, 11) is 0. The van der Waals surface area contributed by atoms with E-state index in [-0.39, 0.29) is 23.8 Å². The van der Waals surface area contributed by atoms with Crippen molar-refractivity contribution >= 4 is 23.2 Å². The van der Waals surface area contributed by atoms with E-state index in [0.717, 1.165) is 11.4 Å². The number of thiazole rings is 1. The predicted octanol–water partition coefficient (Wildman–Crippen LogP) is 2.14. The third-order valence-corrected chi connectivity index (χ3v) is 5.19. The van der Waals surface area contributed by atoms with Crippen molar-refractivity contribution in [3.8, 4) is 0 Å².